The first-order chi connectivity index (χ1) is 12.6. The zero-order valence-electron chi connectivity index (χ0n) is 13.4. The van der Waals surface area contributed by atoms with Gasteiger partial charge in [-0.1, -0.05) is 24.3 Å². The van der Waals surface area contributed by atoms with Crippen LogP contribution in [-0.4, -0.2) is 23.9 Å². The Morgan fingerprint density at radius 1 is 0.926 bits per heavy atom. The third kappa shape index (κ3) is 3.47. The number of alkyl halides is 3. The molecule has 140 valence electrons. The van der Waals surface area contributed by atoms with E-state index in [-0.39, 0.29) is 28.2 Å². The Balaban J connectivity index is 2.12. The molecule has 0 saturated heterocycles. The van der Waals surface area contributed by atoms with E-state index in [1.807, 2.05) is 0 Å². The summed E-state index contributed by atoms with van der Waals surface area (Å²) in [4.78, 5) is 6.78. The molecule has 1 heterocycles. The molecular weight excluding hydrogens is 386 g/mol. The van der Waals surface area contributed by atoms with E-state index in [9.17, 15) is 26.0 Å². The van der Waals surface area contributed by atoms with Crippen molar-refractivity contribution in [3.63, 3.8) is 0 Å². The van der Waals surface area contributed by atoms with Crippen LogP contribution in [0.4, 0.5) is 23.4 Å². The van der Waals surface area contributed by atoms with Crippen LogP contribution in [0.2, 0.25) is 0 Å². The Hall–Kier alpha value is -3.01. The first-order valence-corrected chi connectivity index (χ1v) is 8.88. The molecule has 5 nitrogen and oxygen atoms in total. The number of sulfone groups is 1. The molecule has 1 aromatic heterocycles. The maximum atomic E-state index is 14.5. The number of nitrogen functional groups attached to an aromatic ring is 1. The highest BCUT2D eigenvalue weighted by atomic mass is 32.2. The molecule has 2 N–H and O–H groups in total. The van der Waals surface area contributed by atoms with Gasteiger partial charge in [0.05, 0.1) is 23.0 Å². The standard InChI is InChI=1S/C17H11F4N3O2S/c18-13-7-10(5-6-12(13)14-8-24-16(22)9-23-14)11-3-1-2-4-15(11)27(25,26)17(19,20)21/h1-9H,(H2,22,24). The highest BCUT2D eigenvalue weighted by Crippen LogP contribution is 2.37. The maximum Gasteiger partial charge on any atom is 0.501 e. The number of anilines is 1. The molecule has 0 aliphatic rings. The lowest BCUT2D eigenvalue weighted by Crippen LogP contribution is -2.23. The highest BCUT2D eigenvalue weighted by Gasteiger charge is 2.47. The van der Waals surface area contributed by atoms with Gasteiger partial charge in [-0.2, -0.15) is 13.2 Å². The Morgan fingerprint density at radius 3 is 2.22 bits per heavy atom. The predicted molar refractivity (Wildman–Crippen MR) is 90.5 cm³/mol. The lowest BCUT2D eigenvalue weighted by Gasteiger charge is -2.13. The molecule has 0 aliphatic carbocycles. The Labute approximate surface area is 151 Å². The Kier molecular flexibility index (Phi) is 4.60. The number of nitrogens with zero attached hydrogens (tertiary/aromatic N) is 2. The van der Waals surface area contributed by atoms with Crippen LogP contribution >= 0.6 is 0 Å². The Morgan fingerprint density at radius 2 is 1.63 bits per heavy atom. The van der Waals surface area contributed by atoms with Crippen molar-refractivity contribution in [3.8, 4) is 22.4 Å². The molecule has 0 atom stereocenters. The molecule has 3 rings (SSSR count). The molecule has 0 bridgehead atoms. The minimum absolute atomic E-state index is 0.0249. The van der Waals surface area contributed by atoms with Gasteiger partial charge in [-0.05, 0) is 23.8 Å². The summed E-state index contributed by atoms with van der Waals surface area (Å²) in [5, 5.41) is 0. The molecule has 0 radical (unpaired) electrons. The van der Waals surface area contributed by atoms with Crippen molar-refractivity contribution in [3.05, 3.63) is 60.7 Å². The van der Waals surface area contributed by atoms with Crippen molar-refractivity contribution < 1.29 is 26.0 Å². The van der Waals surface area contributed by atoms with E-state index in [0.717, 1.165) is 18.2 Å². The fraction of sp³-hybridized carbons (Fsp3) is 0.0588. The number of hydrogen-bond acceptors (Lipinski definition) is 5. The van der Waals surface area contributed by atoms with Crippen molar-refractivity contribution in [2.24, 2.45) is 0 Å². The van der Waals surface area contributed by atoms with E-state index in [0.29, 0.717) is 0 Å². The topological polar surface area (TPSA) is 85.9 Å². The van der Waals surface area contributed by atoms with Gasteiger partial charge in [-0.3, -0.25) is 4.98 Å². The molecule has 0 amide bonds. The lowest BCUT2D eigenvalue weighted by molar-refractivity contribution is -0.0435. The maximum absolute atomic E-state index is 14.5. The third-order valence-corrected chi connectivity index (χ3v) is 5.25. The minimum Gasteiger partial charge on any atom is -0.382 e. The van der Waals surface area contributed by atoms with Crippen LogP contribution in [0.25, 0.3) is 22.4 Å². The van der Waals surface area contributed by atoms with E-state index in [4.69, 9.17) is 5.73 Å². The van der Waals surface area contributed by atoms with Gasteiger partial charge in [-0.25, -0.2) is 17.8 Å². The number of nitrogens with two attached hydrogens (primary N) is 1. The average molecular weight is 397 g/mol. The smallest absolute Gasteiger partial charge is 0.382 e. The lowest BCUT2D eigenvalue weighted by atomic mass is 10.0. The van der Waals surface area contributed by atoms with Crippen LogP contribution in [-0.2, 0) is 9.84 Å². The SMILES string of the molecule is Nc1cnc(-c2ccc(-c3ccccc3S(=O)(=O)C(F)(F)F)cc2F)cn1. The summed E-state index contributed by atoms with van der Waals surface area (Å²) in [7, 11) is -5.59. The van der Waals surface area contributed by atoms with Crippen molar-refractivity contribution in [1.82, 2.24) is 9.97 Å². The number of benzene rings is 2. The van der Waals surface area contributed by atoms with E-state index in [1.165, 1.54) is 36.7 Å². The zero-order chi connectivity index (χ0) is 19.8. The van der Waals surface area contributed by atoms with Crippen LogP contribution in [0.5, 0.6) is 0 Å². The largest absolute Gasteiger partial charge is 0.501 e. The van der Waals surface area contributed by atoms with E-state index in [2.05, 4.69) is 9.97 Å². The van der Waals surface area contributed by atoms with Crippen molar-refractivity contribution >= 4 is 15.7 Å². The van der Waals surface area contributed by atoms with E-state index in [1.54, 1.807) is 0 Å². The number of hydrogen-bond donors (Lipinski definition) is 1. The number of halogens is 4. The van der Waals surface area contributed by atoms with Gasteiger partial charge in [0.2, 0.25) is 0 Å². The van der Waals surface area contributed by atoms with Crippen LogP contribution in [0.15, 0.2) is 59.8 Å². The normalized spacial score (nSPS) is 12.1. The summed E-state index contributed by atoms with van der Waals surface area (Å²) in [6.07, 6.45) is 2.48. The quantitative estimate of drug-likeness (QED) is 0.679. The number of rotatable bonds is 3. The monoisotopic (exact) mass is 397 g/mol. The van der Waals surface area contributed by atoms with Crippen LogP contribution in [0.3, 0.4) is 0 Å². The van der Waals surface area contributed by atoms with Crippen molar-refractivity contribution in [1.29, 1.82) is 0 Å². The van der Waals surface area contributed by atoms with Gasteiger partial charge < -0.3 is 5.73 Å². The molecule has 2 aromatic carbocycles. The van der Waals surface area contributed by atoms with Gasteiger partial charge in [0.15, 0.2) is 0 Å². The second-order valence-electron chi connectivity index (χ2n) is 5.47. The second kappa shape index (κ2) is 6.62. The molecule has 0 saturated carbocycles. The van der Waals surface area contributed by atoms with Gasteiger partial charge >= 0.3 is 5.51 Å². The van der Waals surface area contributed by atoms with Gasteiger partial charge in [0.25, 0.3) is 9.84 Å². The van der Waals surface area contributed by atoms with E-state index < -0.39 is 26.1 Å². The molecule has 0 spiro atoms. The minimum atomic E-state index is -5.59. The molecule has 27 heavy (non-hydrogen) atoms. The Bertz CT molecular complexity index is 1100. The summed E-state index contributed by atoms with van der Waals surface area (Å²) < 4.78 is 76.9. The summed E-state index contributed by atoms with van der Waals surface area (Å²) >= 11 is 0. The van der Waals surface area contributed by atoms with E-state index >= 15 is 0 Å². The third-order valence-electron chi connectivity index (χ3n) is 3.71. The number of aromatic nitrogens is 2. The van der Waals surface area contributed by atoms with Gasteiger partial charge in [-0.15, -0.1) is 0 Å². The highest BCUT2D eigenvalue weighted by molar-refractivity contribution is 7.92. The fourth-order valence-electron chi connectivity index (χ4n) is 2.43. The summed E-state index contributed by atoms with van der Waals surface area (Å²) in [5.74, 6) is -0.659. The van der Waals surface area contributed by atoms with Crippen LogP contribution in [0.1, 0.15) is 0 Å². The molecule has 3 aromatic rings. The van der Waals surface area contributed by atoms with Crippen LogP contribution in [0, 0.1) is 5.82 Å². The van der Waals surface area contributed by atoms with Crippen molar-refractivity contribution in [2.75, 3.05) is 5.73 Å². The summed E-state index contributed by atoms with van der Waals surface area (Å²) in [6, 6.07) is 8.06. The summed E-state index contributed by atoms with van der Waals surface area (Å²) in [6.45, 7) is 0. The second-order valence-corrected chi connectivity index (χ2v) is 7.38. The molecule has 0 unspecified atom stereocenters. The average Bonchev–Trinajstić information content (AvgIpc) is 2.61. The first-order valence-electron chi connectivity index (χ1n) is 7.39. The zero-order valence-corrected chi connectivity index (χ0v) is 14.2. The van der Waals surface area contributed by atoms with Crippen molar-refractivity contribution in [2.45, 2.75) is 10.4 Å². The summed E-state index contributed by atoms with van der Waals surface area (Å²) in [5.41, 5.74) is -0.123. The first kappa shape index (κ1) is 18.8. The van der Waals surface area contributed by atoms with Gasteiger partial charge in [0, 0.05) is 11.1 Å². The fourth-order valence-corrected chi connectivity index (χ4v) is 3.41. The van der Waals surface area contributed by atoms with Gasteiger partial charge in [0.1, 0.15) is 11.6 Å². The van der Waals surface area contributed by atoms with Crippen LogP contribution < -0.4 is 5.73 Å². The molecular formula is C17H11F4N3O2S. The molecule has 10 heteroatoms. The molecule has 0 fully saturated rings. The predicted octanol–water partition coefficient (Wildman–Crippen LogP) is 3.83. The molecule has 0 aliphatic heterocycles.